The van der Waals surface area contributed by atoms with Crippen LogP contribution in [-0.2, 0) is 0 Å². The molecule has 0 atom stereocenters. The Bertz CT molecular complexity index is 501. The van der Waals surface area contributed by atoms with E-state index in [0.717, 1.165) is 11.3 Å². The van der Waals surface area contributed by atoms with Gasteiger partial charge in [0.2, 0.25) is 0 Å². The van der Waals surface area contributed by atoms with Crippen LogP contribution in [0.4, 0.5) is 11.6 Å². The van der Waals surface area contributed by atoms with E-state index in [0.29, 0.717) is 5.95 Å². The van der Waals surface area contributed by atoms with Crippen molar-refractivity contribution in [3.63, 3.8) is 0 Å². The van der Waals surface area contributed by atoms with Crippen LogP contribution in [0.1, 0.15) is 5.56 Å². The van der Waals surface area contributed by atoms with Gasteiger partial charge in [-0.25, -0.2) is 5.01 Å². The summed E-state index contributed by atoms with van der Waals surface area (Å²) in [5, 5.41) is 19.3. The van der Waals surface area contributed by atoms with Gasteiger partial charge in [-0.05, 0) is 22.9 Å². The van der Waals surface area contributed by atoms with Crippen LogP contribution in [0.3, 0.4) is 0 Å². The van der Waals surface area contributed by atoms with E-state index >= 15 is 0 Å². The Morgan fingerprint density at radius 2 is 1.89 bits per heavy atom. The van der Waals surface area contributed by atoms with E-state index in [4.69, 9.17) is 0 Å². The first kappa shape index (κ1) is 12.0. The van der Waals surface area contributed by atoms with Crippen LogP contribution < -0.4 is 9.91 Å². The molecule has 1 N–H and O–H groups in total. The third-order valence-electron chi connectivity index (χ3n) is 2.41. The molecule has 2 aromatic rings. The van der Waals surface area contributed by atoms with E-state index in [1.165, 1.54) is 0 Å². The third-order valence-corrected chi connectivity index (χ3v) is 2.41. The molecule has 0 aliphatic rings. The molecule has 7 heteroatoms. The summed E-state index contributed by atoms with van der Waals surface area (Å²) in [5.74, 6) is 0.427. The Morgan fingerprint density at radius 1 is 1.17 bits per heavy atom. The van der Waals surface area contributed by atoms with Crippen molar-refractivity contribution in [2.45, 2.75) is 0 Å². The number of hydrogen-bond acceptors (Lipinski definition) is 6. The Kier molecular flexibility index (Phi) is 3.52. The number of hydrazone groups is 1. The van der Waals surface area contributed by atoms with Crippen molar-refractivity contribution < 1.29 is 0 Å². The molecule has 0 fully saturated rings. The van der Waals surface area contributed by atoms with E-state index in [2.05, 4.69) is 25.7 Å². The molecule has 18 heavy (non-hydrogen) atoms. The first-order chi connectivity index (χ1) is 8.66. The molecule has 7 nitrogen and oxygen atoms in total. The maximum Gasteiger partial charge on any atom is 0.285 e. The molecule has 1 heterocycles. The monoisotopic (exact) mass is 245 g/mol. The zero-order valence-electron chi connectivity index (χ0n) is 10.6. The third kappa shape index (κ3) is 2.82. The van der Waals surface area contributed by atoms with E-state index in [1.54, 1.807) is 18.3 Å². The van der Waals surface area contributed by atoms with Gasteiger partial charge in [0.25, 0.3) is 5.95 Å². The van der Waals surface area contributed by atoms with Crippen molar-refractivity contribution in [3.05, 3.63) is 29.8 Å². The lowest BCUT2D eigenvalue weighted by Crippen LogP contribution is -2.11. The molecule has 1 aromatic carbocycles. The molecule has 94 valence electrons. The summed E-state index contributed by atoms with van der Waals surface area (Å²) in [5.41, 5.74) is 2.16. The highest BCUT2D eigenvalue weighted by Crippen LogP contribution is 2.11. The summed E-state index contributed by atoms with van der Waals surface area (Å²) < 4.78 is 0. The Labute approximate surface area is 105 Å². The summed E-state index contributed by atoms with van der Waals surface area (Å²) in [4.78, 5) is 2.05. The minimum Gasteiger partial charge on any atom is -0.378 e. The molecule has 0 aliphatic carbocycles. The second-order valence-electron chi connectivity index (χ2n) is 3.97. The SMILES string of the molecule is CN(C)c1ccc(C=NN(C)c2nn[nH]n2)cc1. The van der Waals surface area contributed by atoms with Gasteiger partial charge >= 0.3 is 0 Å². The normalized spacial score (nSPS) is 10.8. The maximum absolute atomic E-state index is 4.22. The lowest BCUT2D eigenvalue weighted by molar-refractivity contribution is 0.881. The number of aromatic nitrogens is 4. The van der Waals surface area contributed by atoms with Gasteiger partial charge in [0, 0.05) is 26.8 Å². The van der Waals surface area contributed by atoms with Crippen molar-refractivity contribution in [2.75, 3.05) is 31.1 Å². The smallest absolute Gasteiger partial charge is 0.285 e. The molecule has 0 saturated heterocycles. The molecular formula is C11H15N7. The predicted molar refractivity (Wildman–Crippen MR) is 70.9 cm³/mol. The maximum atomic E-state index is 4.22. The summed E-state index contributed by atoms with van der Waals surface area (Å²) >= 11 is 0. The van der Waals surface area contributed by atoms with Crippen LogP contribution in [0.15, 0.2) is 29.4 Å². The molecule has 2 rings (SSSR count). The van der Waals surface area contributed by atoms with Crippen molar-refractivity contribution in [3.8, 4) is 0 Å². The summed E-state index contributed by atoms with van der Waals surface area (Å²) in [6.07, 6.45) is 1.75. The van der Waals surface area contributed by atoms with Crippen LogP contribution in [0, 0.1) is 0 Å². The fourth-order valence-corrected chi connectivity index (χ4v) is 1.36. The topological polar surface area (TPSA) is 73.3 Å². The van der Waals surface area contributed by atoms with Crippen LogP contribution >= 0.6 is 0 Å². The van der Waals surface area contributed by atoms with Crippen LogP contribution in [0.5, 0.6) is 0 Å². The van der Waals surface area contributed by atoms with Gasteiger partial charge < -0.3 is 4.90 Å². The van der Waals surface area contributed by atoms with Crippen LogP contribution in [-0.4, -0.2) is 48.0 Å². The summed E-state index contributed by atoms with van der Waals surface area (Å²) in [7, 11) is 5.77. The van der Waals surface area contributed by atoms with Gasteiger partial charge in [0.1, 0.15) is 0 Å². The molecule has 0 bridgehead atoms. The fraction of sp³-hybridized carbons (Fsp3) is 0.273. The first-order valence-corrected chi connectivity index (χ1v) is 5.45. The van der Waals surface area contributed by atoms with E-state index in [-0.39, 0.29) is 0 Å². The molecule has 0 radical (unpaired) electrons. The highest BCUT2D eigenvalue weighted by molar-refractivity contribution is 5.80. The number of hydrogen-bond donors (Lipinski definition) is 1. The standard InChI is InChI=1S/C11H15N7/c1-17(2)10-6-4-9(5-7-10)8-12-18(3)11-13-15-16-14-11/h4-8H,1-3H3,(H,13,14,15,16). The lowest BCUT2D eigenvalue weighted by Gasteiger charge is -2.11. The van der Waals surface area contributed by atoms with Gasteiger partial charge in [-0.3, -0.25) is 0 Å². The van der Waals surface area contributed by atoms with Gasteiger partial charge in [-0.15, -0.1) is 5.10 Å². The molecule has 0 amide bonds. The largest absolute Gasteiger partial charge is 0.378 e. The van der Waals surface area contributed by atoms with Gasteiger partial charge in [0.15, 0.2) is 0 Å². The molecule has 0 aliphatic heterocycles. The number of aromatic amines is 1. The zero-order chi connectivity index (χ0) is 13.0. The van der Waals surface area contributed by atoms with E-state index < -0.39 is 0 Å². The van der Waals surface area contributed by atoms with Gasteiger partial charge in [-0.1, -0.05) is 17.2 Å². The van der Waals surface area contributed by atoms with Crippen LogP contribution in [0.25, 0.3) is 0 Å². The van der Waals surface area contributed by atoms with Gasteiger partial charge in [0.05, 0.1) is 6.21 Å². The number of nitrogens with one attached hydrogen (secondary N) is 1. The Hall–Kier alpha value is -2.44. The lowest BCUT2D eigenvalue weighted by atomic mass is 10.2. The molecule has 0 unspecified atom stereocenters. The van der Waals surface area contributed by atoms with Crippen molar-refractivity contribution in [1.82, 2.24) is 20.6 Å². The average Bonchev–Trinajstić information content (AvgIpc) is 2.90. The predicted octanol–water partition coefficient (Wildman–Crippen LogP) is 0.736. The molecule has 1 aromatic heterocycles. The highest BCUT2D eigenvalue weighted by Gasteiger charge is 2.01. The first-order valence-electron chi connectivity index (χ1n) is 5.45. The van der Waals surface area contributed by atoms with Crippen molar-refractivity contribution >= 4 is 17.9 Å². The summed E-state index contributed by atoms with van der Waals surface area (Å²) in [6.45, 7) is 0. The molecular weight excluding hydrogens is 230 g/mol. The number of nitrogens with zero attached hydrogens (tertiary/aromatic N) is 6. The Morgan fingerprint density at radius 3 is 2.44 bits per heavy atom. The quantitative estimate of drug-likeness (QED) is 0.635. The second kappa shape index (κ2) is 5.26. The summed E-state index contributed by atoms with van der Waals surface area (Å²) in [6, 6.07) is 8.08. The fourth-order valence-electron chi connectivity index (χ4n) is 1.36. The van der Waals surface area contributed by atoms with Crippen molar-refractivity contribution in [1.29, 1.82) is 0 Å². The Balaban J connectivity index is 2.05. The highest BCUT2D eigenvalue weighted by atomic mass is 15.6. The van der Waals surface area contributed by atoms with Gasteiger partial charge in [-0.2, -0.15) is 10.3 Å². The number of benzene rings is 1. The second-order valence-corrected chi connectivity index (χ2v) is 3.97. The molecule has 0 saturated carbocycles. The van der Waals surface area contributed by atoms with E-state index in [9.17, 15) is 0 Å². The minimum absolute atomic E-state index is 0.427. The van der Waals surface area contributed by atoms with Crippen molar-refractivity contribution in [2.24, 2.45) is 5.10 Å². The minimum atomic E-state index is 0.427. The average molecular weight is 245 g/mol. The zero-order valence-corrected chi connectivity index (χ0v) is 10.6. The number of anilines is 2. The van der Waals surface area contributed by atoms with E-state index in [1.807, 2.05) is 43.3 Å². The number of H-pyrrole nitrogens is 1. The van der Waals surface area contributed by atoms with Crippen LogP contribution in [0.2, 0.25) is 0 Å². The molecule has 0 spiro atoms. The number of tetrazole rings is 1. The number of rotatable bonds is 4.